The molecule has 3 heterocycles. The van der Waals surface area contributed by atoms with Crippen LogP contribution in [0.4, 0.5) is 13.2 Å². The second-order valence-electron chi connectivity index (χ2n) is 9.38. The molecule has 0 bridgehead atoms. The molecule has 1 aromatic heterocycles. The SMILES string of the molecule is COC(=O)[C@H]1O[C@@]12OC(COCc1ccccc1)[C@H](C)[C@H](n1cc(-c3cc(F)c(F)c(F)c3)nn1)C2C.S. The van der Waals surface area contributed by atoms with Crippen LogP contribution in [-0.2, 0) is 30.3 Å². The van der Waals surface area contributed by atoms with Crippen LogP contribution in [0.25, 0.3) is 11.3 Å². The van der Waals surface area contributed by atoms with E-state index in [9.17, 15) is 18.0 Å². The number of carbonyl (C=O) groups excluding carboxylic acids is 1. The highest BCUT2D eigenvalue weighted by molar-refractivity contribution is 7.59. The predicted molar refractivity (Wildman–Crippen MR) is 134 cm³/mol. The first-order chi connectivity index (χ1) is 17.7. The van der Waals surface area contributed by atoms with Gasteiger partial charge in [0, 0.05) is 17.4 Å². The van der Waals surface area contributed by atoms with E-state index in [1.165, 1.54) is 13.3 Å². The molecule has 0 aliphatic carbocycles. The van der Waals surface area contributed by atoms with E-state index in [0.29, 0.717) is 6.61 Å². The van der Waals surface area contributed by atoms with Gasteiger partial charge in [0.15, 0.2) is 17.5 Å². The number of esters is 1. The van der Waals surface area contributed by atoms with E-state index in [2.05, 4.69) is 10.3 Å². The molecule has 6 atom stereocenters. The minimum atomic E-state index is -1.55. The molecule has 1 spiro atoms. The van der Waals surface area contributed by atoms with Gasteiger partial charge < -0.3 is 18.9 Å². The van der Waals surface area contributed by atoms with Gasteiger partial charge in [0.25, 0.3) is 0 Å². The van der Waals surface area contributed by atoms with Crippen molar-refractivity contribution in [1.82, 2.24) is 15.0 Å². The van der Waals surface area contributed by atoms with Crippen molar-refractivity contribution in [2.24, 2.45) is 11.8 Å². The zero-order valence-corrected chi connectivity index (χ0v) is 21.9. The van der Waals surface area contributed by atoms with Crippen LogP contribution in [0.5, 0.6) is 0 Å². The van der Waals surface area contributed by atoms with Crippen molar-refractivity contribution in [2.45, 2.75) is 44.5 Å². The number of nitrogens with zero attached hydrogens (tertiary/aromatic N) is 3. The third kappa shape index (κ3) is 5.05. The molecule has 204 valence electrons. The molecule has 8 nitrogen and oxygen atoms in total. The van der Waals surface area contributed by atoms with Crippen LogP contribution < -0.4 is 0 Å². The lowest BCUT2D eigenvalue weighted by molar-refractivity contribution is -0.210. The predicted octanol–water partition coefficient (Wildman–Crippen LogP) is 4.17. The largest absolute Gasteiger partial charge is 0.467 e. The Morgan fingerprint density at radius 3 is 2.45 bits per heavy atom. The number of epoxide rings is 1. The highest BCUT2D eigenvalue weighted by atomic mass is 32.1. The van der Waals surface area contributed by atoms with Crippen LogP contribution in [0.2, 0.25) is 0 Å². The molecular formula is C26H28F3N3O5S. The topological polar surface area (TPSA) is 88.0 Å². The summed E-state index contributed by atoms with van der Waals surface area (Å²) in [4.78, 5) is 12.3. The van der Waals surface area contributed by atoms with Crippen LogP contribution in [-0.4, -0.2) is 52.7 Å². The van der Waals surface area contributed by atoms with Crippen molar-refractivity contribution >= 4 is 19.5 Å². The summed E-state index contributed by atoms with van der Waals surface area (Å²) in [7, 11) is 1.27. The van der Waals surface area contributed by atoms with Crippen LogP contribution in [0.1, 0.15) is 25.5 Å². The van der Waals surface area contributed by atoms with Crippen molar-refractivity contribution in [3.05, 3.63) is 71.7 Å². The van der Waals surface area contributed by atoms with E-state index >= 15 is 0 Å². The smallest absolute Gasteiger partial charge is 0.340 e. The normalized spacial score (nSPS) is 28.1. The minimum Gasteiger partial charge on any atom is -0.467 e. The fraction of sp³-hybridized carbons (Fsp3) is 0.423. The number of methoxy groups -OCH3 is 1. The summed E-state index contributed by atoms with van der Waals surface area (Å²) in [5.74, 6) is -6.56. The average molecular weight is 552 g/mol. The van der Waals surface area contributed by atoms with Crippen molar-refractivity contribution in [1.29, 1.82) is 0 Å². The zero-order valence-electron chi connectivity index (χ0n) is 20.9. The number of benzene rings is 2. The minimum absolute atomic E-state index is 0. The first kappa shape index (κ1) is 28.1. The molecule has 38 heavy (non-hydrogen) atoms. The molecule has 0 N–H and O–H groups in total. The lowest BCUT2D eigenvalue weighted by Gasteiger charge is -2.43. The molecule has 0 amide bonds. The molecule has 2 saturated heterocycles. The molecule has 2 fully saturated rings. The standard InChI is InChI=1S/C26H26F3N3O5.H2S/c1-14-21(13-35-12-16-7-5-4-6-8-16)36-26(24(37-26)25(33)34-3)15(2)23(14)32-11-20(30-31-32)17-9-18(27)22(29)19(28)10-17;/h4-11,14-15,21,23-24H,12-13H2,1-3H3;1H2/t14-,15?,21?,23-,24+,26+;/m0./s1. The maximum atomic E-state index is 13.8. The third-order valence-corrected chi connectivity index (χ3v) is 7.12. The second kappa shape index (κ2) is 11.0. The summed E-state index contributed by atoms with van der Waals surface area (Å²) in [5, 5.41) is 8.26. The first-order valence-electron chi connectivity index (χ1n) is 11.9. The lowest BCUT2D eigenvalue weighted by atomic mass is 9.79. The summed E-state index contributed by atoms with van der Waals surface area (Å²) in [6, 6.07) is 11.0. The fourth-order valence-electron chi connectivity index (χ4n) is 5.05. The van der Waals surface area contributed by atoms with E-state index in [-0.39, 0.29) is 49.2 Å². The zero-order chi connectivity index (χ0) is 26.3. The van der Waals surface area contributed by atoms with Gasteiger partial charge in [-0.15, -0.1) is 5.10 Å². The Morgan fingerprint density at radius 2 is 1.79 bits per heavy atom. The Morgan fingerprint density at radius 1 is 1.11 bits per heavy atom. The highest BCUT2D eigenvalue weighted by Crippen LogP contribution is 2.55. The Kier molecular flexibility index (Phi) is 8.17. The van der Waals surface area contributed by atoms with Gasteiger partial charge in [-0.2, -0.15) is 13.5 Å². The molecule has 12 heteroatoms. The molecule has 2 aromatic carbocycles. The van der Waals surface area contributed by atoms with Gasteiger partial charge >= 0.3 is 5.97 Å². The van der Waals surface area contributed by atoms with E-state index < -0.39 is 41.4 Å². The average Bonchev–Trinajstić information content (AvgIpc) is 3.41. The van der Waals surface area contributed by atoms with Gasteiger partial charge in [-0.25, -0.2) is 22.6 Å². The molecule has 2 unspecified atom stereocenters. The van der Waals surface area contributed by atoms with Crippen LogP contribution in [0, 0.1) is 29.3 Å². The van der Waals surface area contributed by atoms with Crippen molar-refractivity contribution in [3.8, 4) is 11.3 Å². The Bertz CT molecular complexity index is 1270. The second-order valence-corrected chi connectivity index (χ2v) is 9.38. The summed E-state index contributed by atoms with van der Waals surface area (Å²) < 4.78 is 65.5. The summed E-state index contributed by atoms with van der Waals surface area (Å²) in [5.41, 5.74) is 1.21. The quantitative estimate of drug-likeness (QED) is 0.247. The van der Waals surface area contributed by atoms with Gasteiger partial charge in [-0.3, -0.25) is 0 Å². The van der Waals surface area contributed by atoms with E-state index in [1.807, 2.05) is 44.2 Å². The molecule has 0 radical (unpaired) electrons. The Labute approximate surface area is 224 Å². The number of carbonyl (C=O) groups is 1. The molecule has 0 saturated carbocycles. The van der Waals surface area contributed by atoms with E-state index in [1.54, 1.807) is 4.68 Å². The van der Waals surface area contributed by atoms with E-state index in [0.717, 1.165) is 17.7 Å². The number of halogens is 3. The van der Waals surface area contributed by atoms with Crippen LogP contribution in [0.15, 0.2) is 48.7 Å². The maximum absolute atomic E-state index is 13.8. The van der Waals surface area contributed by atoms with Crippen molar-refractivity contribution in [2.75, 3.05) is 13.7 Å². The van der Waals surface area contributed by atoms with Crippen molar-refractivity contribution in [3.63, 3.8) is 0 Å². The lowest BCUT2D eigenvalue weighted by Crippen LogP contribution is -2.52. The summed E-state index contributed by atoms with van der Waals surface area (Å²) in [6.45, 7) is 4.41. The van der Waals surface area contributed by atoms with Gasteiger partial charge in [0.1, 0.15) is 5.69 Å². The van der Waals surface area contributed by atoms with Crippen LogP contribution in [0.3, 0.4) is 0 Å². The number of rotatable bonds is 7. The number of hydrogen-bond donors (Lipinski definition) is 0. The summed E-state index contributed by atoms with van der Waals surface area (Å²) >= 11 is 0. The third-order valence-electron chi connectivity index (χ3n) is 7.12. The van der Waals surface area contributed by atoms with Gasteiger partial charge in [0.05, 0.1) is 38.7 Å². The van der Waals surface area contributed by atoms with Gasteiger partial charge in [-0.05, 0) is 17.7 Å². The van der Waals surface area contributed by atoms with Gasteiger partial charge in [-0.1, -0.05) is 49.4 Å². The Balaban J connectivity index is 0.00000336. The number of aromatic nitrogens is 3. The molecule has 2 aliphatic rings. The first-order valence-corrected chi connectivity index (χ1v) is 11.9. The monoisotopic (exact) mass is 551 g/mol. The highest BCUT2D eigenvalue weighted by Gasteiger charge is 2.71. The summed E-state index contributed by atoms with van der Waals surface area (Å²) in [6.07, 6.45) is 0.135. The fourth-order valence-corrected chi connectivity index (χ4v) is 5.05. The van der Waals surface area contributed by atoms with Crippen molar-refractivity contribution < 1.29 is 36.9 Å². The maximum Gasteiger partial charge on any atom is 0.340 e. The molecule has 5 rings (SSSR count). The molecular weight excluding hydrogens is 523 g/mol. The molecule has 3 aromatic rings. The van der Waals surface area contributed by atoms with Crippen LogP contribution >= 0.6 is 13.5 Å². The van der Waals surface area contributed by atoms with Gasteiger partial charge in [0.2, 0.25) is 11.9 Å². The number of hydrogen-bond acceptors (Lipinski definition) is 7. The number of ether oxygens (including phenoxy) is 4. The van der Waals surface area contributed by atoms with E-state index in [4.69, 9.17) is 18.9 Å². The molecule has 2 aliphatic heterocycles. The Hall–Kier alpha value is -2.93.